The number of hydrogen-bond acceptors (Lipinski definition) is 2. The van der Waals surface area contributed by atoms with Gasteiger partial charge in [-0.25, -0.2) is 0 Å². The highest BCUT2D eigenvalue weighted by molar-refractivity contribution is 5.74. The van der Waals surface area contributed by atoms with Crippen LogP contribution in [0.25, 0.3) is 0 Å². The van der Waals surface area contributed by atoms with Gasteiger partial charge in [0.2, 0.25) is 0 Å². The zero-order chi connectivity index (χ0) is 18.4. The summed E-state index contributed by atoms with van der Waals surface area (Å²) in [4.78, 5) is 13.4. The zero-order valence-electron chi connectivity index (χ0n) is 17.4. The fourth-order valence-electron chi connectivity index (χ4n) is 9.79. The Kier molecular flexibility index (Phi) is 3.70. The first-order valence-electron chi connectivity index (χ1n) is 12.2. The van der Waals surface area contributed by atoms with E-state index in [-0.39, 0.29) is 22.9 Å². The lowest BCUT2D eigenvalue weighted by Gasteiger charge is -2.61. The molecule has 0 aromatic heterocycles. The number of hydrogen-bond donors (Lipinski definition) is 0. The van der Waals surface area contributed by atoms with Gasteiger partial charge in [-0.15, -0.1) is 0 Å². The van der Waals surface area contributed by atoms with Crippen LogP contribution in [0.5, 0.6) is 0 Å². The van der Waals surface area contributed by atoms with Crippen LogP contribution in [-0.4, -0.2) is 11.6 Å². The first-order chi connectivity index (χ1) is 12.9. The third kappa shape index (κ3) is 2.46. The van der Waals surface area contributed by atoms with Crippen LogP contribution in [0, 0.1) is 52.8 Å². The smallest absolute Gasteiger partial charge is 0.309 e. The van der Waals surface area contributed by atoms with Crippen LogP contribution in [0.3, 0.4) is 0 Å². The maximum atomic E-state index is 13.4. The summed E-state index contributed by atoms with van der Waals surface area (Å²) in [5.41, 5.74) is 0.0102. The summed E-state index contributed by atoms with van der Waals surface area (Å²) in [6.45, 7) is 4.54. The second-order valence-corrected chi connectivity index (χ2v) is 12.2. The van der Waals surface area contributed by atoms with Crippen molar-refractivity contribution in [1.82, 2.24) is 0 Å². The van der Waals surface area contributed by atoms with Gasteiger partial charge >= 0.3 is 5.97 Å². The molecule has 5 atom stereocenters. The average Bonchev–Trinajstić information content (AvgIpc) is 3.20. The SMILES string of the molecule is CC(C)(OC(=O)C1CC2CC1C1CCCCC21)C12CC3CC(CC(C3)C1)C2. The van der Waals surface area contributed by atoms with Crippen molar-refractivity contribution in [2.75, 3.05) is 0 Å². The van der Waals surface area contributed by atoms with E-state index in [1.807, 2.05) is 0 Å². The molecular formula is C25H38O2. The van der Waals surface area contributed by atoms with Crippen LogP contribution in [0.4, 0.5) is 0 Å². The van der Waals surface area contributed by atoms with E-state index in [1.165, 1.54) is 70.6 Å². The van der Waals surface area contributed by atoms with Crippen molar-refractivity contribution in [1.29, 1.82) is 0 Å². The van der Waals surface area contributed by atoms with Gasteiger partial charge in [-0.1, -0.05) is 12.8 Å². The lowest BCUT2D eigenvalue weighted by molar-refractivity contribution is -0.204. The summed E-state index contributed by atoms with van der Waals surface area (Å²) in [5.74, 6) is 6.44. The number of ether oxygens (including phenoxy) is 1. The number of fused-ring (bicyclic) bond motifs is 5. The molecule has 0 aromatic rings. The van der Waals surface area contributed by atoms with E-state index in [9.17, 15) is 4.79 Å². The van der Waals surface area contributed by atoms with Gasteiger partial charge < -0.3 is 4.74 Å². The Hall–Kier alpha value is -0.530. The maximum Gasteiger partial charge on any atom is 0.309 e. The summed E-state index contributed by atoms with van der Waals surface area (Å²) in [6, 6.07) is 0. The third-order valence-electron chi connectivity index (χ3n) is 10.7. The monoisotopic (exact) mass is 370 g/mol. The highest BCUT2D eigenvalue weighted by atomic mass is 16.6. The minimum absolute atomic E-state index is 0.187. The molecule has 7 saturated carbocycles. The Balaban J connectivity index is 1.19. The molecule has 0 spiro atoms. The minimum atomic E-state index is -0.270. The first-order valence-corrected chi connectivity index (χ1v) is 12.2. The molecule has 7 rings (SSSR count). The van der Waals surface area contributed by atoms with E-state index < -0.39 is 0 Å². The second-order valence-electron chi connectivity index (χ2n) is 12.2. The van der Waals surface area contributed by atoms with E-state index in [4.69, 9.17) is 4.74 Å². The van der Waals surface area contributed by atoms with Gasteiger partial charge in [-0.3, -0.25) is 4.79 Å². The predicted octanol–water partition coefficient (Wildman–Crippen LogP) is 5.99. The number of esters is 1. The molecule has 7 aliphatic carbocycles. The van der Waals surface area contributed by atoms with Crippen LogP contribution < -0.4 is 0 Å². The molecular weight excluding hydrogens is 332 g/mol. The van der Waals surface area contributed by atoms with E-state index in [2.05, 4.69) is 13.8 Å². The molecule has 0 saturated heterocycles. The van der Waals surface area contributed by atoms with Gasteiger partial charge in [0, 0.05) is 5.41 Å². The minimum Gasteiger partial charge on any atom is -0.459 e. The fourth-order valence-corrected chi connectivity index (χ4v) is 9.79. The van der Waals surface area contributed by atoms with Crippen molar-refractivity contribution in [3.05, 3.63) is 0 Å². The fraction of sp³-hybridized carbons (Fsp3) is 0.960. The Morgan fingerprint density at radius 2 is 1.41 bits per heavy atom. The molecule has 2 nitrogen and oxygen atoms in total. The van der Waals surface area contributed by atoms with E-state index in [0.29, 0.717) is 5.92 Å². The molecule has 7 fully saturated rings. The lowest BCUT2D eigenvalue weighted by atomic mass is 9.46. The van der Waals surface area contributed by atoms with Gasteiger partial charge in [0.25, 0.3) is 0 Å². The Bertz CT molecular complexity index is 599. The number of rotatable bonds is 3. The number of carbonyl (C=O) groups is 1. The maximum absolute atomic E-state index is 13.4. The predicted molar refractivity (Wildman–Crippen MR) is 106 cm³/mol. The molecule has 5 unspecified atom stereocenters. The van der Waals surface area contributed by atoms with Crippen molar-refractivity contribution < 1.29 is 9.53 Å². The topological polar surface area (TPSA) is 26.3 Å². The largest absolute Gasteiger partial charge is 0.459 e. The highest BCUT2D eigenvalue weighted by Gasteiger charge is 2.60. The van der Waals surface area contributed by atoms with E-state index >= 15 is 0 Å². The molecule has 27 heavy (non-hydrogen) atoms. The molecule has 0 aliphatic heterocycles. The van der Waals surface area contributed by atoms with Crippen LogP contribution in [-0.2, 0) is 9.53 Å². The van der Waals surface area contributed by atoms with Gasteiger partial charge in [-0.05, 0) is 119 Å². The molecule has 0 amide bonds. The summed E-state index contributed by atoms with van der Waals surface area (Å²) >= 11 is 0. The van der Waals surface area contributed by atoms with Crippen LogP contribution in [0.15, 0.2) is 0 Å². The van der Waals surface area contributed by atoms with E-state index in [0.717, 1.165) is 41.9 Å². The normalized spacial score (nSPS) is 52.8. The van der Waals surface area contributed by atoms with Crippen LogP contribution in [0.2, 0.25) is 0 Å². The van der Waals surface area contributed by atoms with Crippen molar-refractivity contribution in [3.8, 4) is 0 Å². The van der Waals surface area contributed by atoms with Gasteiger partial charge in [-0.2, -0.15) is 0 Å². The van der Waals surface area contributed by atoms with Gasteiger partial charge in [0.1, 0.15) is 5.60 Å². The first kappa shape index (κ1) is 17.3. The summed E-state index contributed by atoms with van der Waals surface area (Å²) in [6.07, 6.45) is 16.4. The molecule has 150 valence electrons. The van der Waals surface area contributed by atoms with Crippen molar-refractivity contribution in [3.63, 3.8) is 0 Å². The lowest BCUT2D eigenvalue weighted by Crippen LogP contribution is -2.57. The van der Waals surface area contributed by atoms with Crippen LogP contribution >= 0.6 is 0 Å². The van der Waals surface area contributed by atoms with Crippen molar-refractivity contribution in [2.24, 2.45) is 52.8 Å². The zero-order valence-corrected chi connectivity index (χ0v) is 17.4. The summed E-state index contributed by atoms with van der Waals surface area (Å²) in [5, 5.41) is 0. The molecule has 0 radical (unpaired) electrons. The van der Waals surface area contributed by atoms with Gasteiger partial charge in [0.05, 0.1) is 5.92 Å². The Morgan fingerprint density at radius 1 is 0.815 bits per heavy atom. The molecule has 7 aliphatic rings. The van der Waals surface area contributed by atoms with Crippen LogP contribution in [0.1, 0.15) is 90.9 Å². The second kappa shape index (κ2) is 5.76. The van der Waals surface area contributed by atoms with Gasteiger partial charge in [0.15, 0.2) is 0 Å². The molecule has 2 heteroatoms. The molecule has 0 heterocycles. The highest BCUT2D eigenvalue weighted by Crippen LogP contribution is 2.65. The Labute approximate surface area is 165 Å². The average molecular weight is 371 g/mol. The molecule has 0 aromatic carbocycles. The summed E-state index contributed by atoms with van der Waals surface area (Å²) in [7, 11) is 0. The molecule has 0 N–H and O–H groups in total. The summed E-state index contributed by atoms with van der Waals surface area (Å²) < 4.78 is 6.50. The van der Waals surface area contributed by atoms with Crippen molar-refractivity contribution >= 4 is 5.97 Å². The van der Waals surface area contributed by atoms with E-state index in [1.54, 1.807) is 0 Å². The standard InChI is InChI=1S/C25H38O2/c1-24(2,25-12-15-7-16(13-25)9-17(8-15)14-25)27-23(26)22-11-18-10-21(22)20-6-4-3-5-19(18)20/h15-22H,3-14H2,1-2H3. The Morgan fingerprint density at radius 3 is 2.04 bits per heavy atom. The molecule has 6 bridgehead atoms. The third-order valence-corrected chi connectivity index (χ3v) is 10.7. The number of carbonyl (C=O) groups excluding carboxylic acids is 1. The van der Waals surface area contributed by atoms with Crippen molar-refractivity contribution in [2.45, 2.75) is 96.5 Å². The quantitative estimate of drug-likeness (QED) is 0.571.